The number of nitrogens with zero attached hydrogens (tertiary/aromatic N) is 3. The monoisotopic (exact) mass is 465 g/mol. The number of rotatable bonds is 7. The first-order chi connectivity index (χ1) is 14.7. The molecule has 11 heteroatoms. The first-order valence-electron chi connectivity index (χ1n) is 9.79. The van der Waals surface area contributed by atoms with E-state index >= 15 is 0 Å². The number of hydrogen-bond acceptors (Lipinski definition) is 7. The molecule has 1 aliphatic rings. The molecule has 0 aliphatic heterocycles. The number of nitrogens with two attached hydrogens (primary N) is 1. The molecule has 0 saturated heterocycles. The number of amides is 1. The molecule has 1 fully saturated rings. The van der Waals surface area contributed by atoms with Gasteiger partial charge < -0.3 is 16.3 Å². The molecule has 1 aliphatic carbocycles. The van der Waals surface area contributed by atoms with E-state index in [0.29, 0.717) is 17.9 Å². The summed E-state index contributed by atoms with van der Waals surface area (Å²) in [5, 5.41) is 14.4. The van der Waals surface area contributed by atoms with Crippen LogP contribution in [0.15, 0.2) is 40.6 Å². The summed E-state index contributed by atoms with van der Waals surface area (Å²) in [6.45, 7) is 0. The van der Waals surface area contributed by atoms with E-state index in [4.69, 9.17) is 22.5 Å². The van der Waals surface area contributed by atoms with E-state index in [0.717, 1.165) is 31.9 Å². The minimum Gasteiger partial charge on any atom is -0.409 e. The number of halogens is 1. The summed E-state index contributed by atoms with van der Waals surface area (Å²) in [6, 6.07) is 4.62. The molecule has 1 saturated carbocycles. The first kappa shape index (κ1) is 23.0. The maximum Gasteiger partial charge on any atom is 0.233 e. The molecule has 0 radical (unpaired) electrons. The topological polar surface area (TPSA) is 148 Å². The molecular formula is C20H24ClN5O4S. The maximum atomic E-state index is 13.1. The Hall–Kier alpha value is -2.72. The lowest BCUT2D eigenvalue weighted by atomic mass is 9.87. The van der Waals surface area contributed by atoms with Gasteiger partial charge in [-0.2, -0.15) is 0 Å². The van der Waals surface area contributed by atoms with Crippen LogP contribution in [0, 0.1) is 5.92 Å². The Labute approximate surface area is 185 Å². The number of carbonyl (C=O) groups excluding carboxylic acids is 1. The molecule has 2 aromatic rings. The van der Waals surface area contributed by atoms with Gasteiger partial charge in [0.15, 0.2) is 21.5 Å². The standard InChI is InChI=1S/C20H24ClN5O4S/c1-31(29,30)17-7-6-13(9-15(17)21)14(8-12-4-2-3-5-12)20(27)25-18-11-23-16(10-24-18)19(22)26-28/h6-7,9-12,14,28H,2-5,8H2,1H3,(H2,22,26)(H,24,25,27)/t14-/m1/s1. The molecule has 1 aromatic carbocycles. The quantitative estimate of drug-likeness (QED) is 0.246. The van der Waals surface area contributed by atoms with Crippen LogP contribution in [-0.4, -0.2) is 41.6 Å². The van der Waals surface area contributed by atoms with Crippen molar-refractivity contribution in [3.05, 3.63) is 46.9 Å². The SMILES string of the molecule is CS(=O)(=O)c1ccc([C@@H](CC2CCCC2)C(=O)Nc2cnc(C(N)=NO)cn2)cc1Cl. The van der Waals surface area contributed by atoms with E-state index in [9.17, 15) is 13.2 Å². The van der Waals surface area contributed by atoms with Crippen molar-refractivity contribution in [1.82, 2.24) is 9.97 Å². The summed E-state index contributed by atoms with van der Waals surface area (Å²) in [4.78, 5) is 21.3. The van der Waals surface area contributed by atoms with Gasteiger partial charge in [0.1, 0.15) is 5.69 Å². The smallest absolute Gasteiger partial charge is 0.233 e. The molecule has 31 heavy (non-hydrogen) atoms. The van der Waals surface area contributed by atoms with Crippen molar-refractivity contribution in [2.24, 2.45) is 16.8 Å². The van der Waals surface area contributed by atoms with Gasteiger partial charge in [0.05, 0.1) is 28.2 Å². The van der Waals surface area contributed by atoms with Gasteiger partial charge in [-0.15, -0.1) is 0 Å². The summed E-state index contributed by atoms with van der Waals surface area (Å²) >= 11 is 6.22. The predicted octanol–water partition coefficient (Wildman–Crippen LogP) is 2.93. The lowest BCUT2D eigenvalue weighted by Crippen LogP contribution is -2.24. The molecule has 1 heterocycles. The predicted molar refractivity (Wildman–Crippen MR) is 117 cm³/mol. The Morgan fingerprint density at radius 3 is 2.58 bits per heavy atom. The van der Waals surface area contributed by atoms with Crippen molar-refractivity contribution < 1.29 is 18.4 Å². The Kier molecular flexibility index (Phi) is 7.11. The molecule has 1 amide bonds. The zero-order valence-corrected chi connectivity index (χ0v) is 18.5. The number of oxime groups is 1. The minimum atomic E-state index is -3.47. The van der Waals surface area contributed by atoms with E-state index in [1.807, 2.05) is 0 Å². The highest BCUT2D eigenvalue weighted by molar-refractivity contribution is 7.90. The molecule has 0 bridgehead atoms. The van der Waals surface area contributed by atoms with Crippen LogP contribution >= 0.6 is 11.6 Å². The first-order valence-corrected chi connectivity index (χ1v) is 12.1. The van der Waals surface area contributed by atoms with Crippen LogP contribution in [0.2, 0.25) is 5.02 Å². The van der Waals surface area contributed by atoms with Crippen molar-refractivity contribution in [2.45, 2.75) is 42.9 Å². The Bertz CT molecular complexity index is 1080. The number of anilines is 1. The third kappa shape index (κ3) is 5.71. The van der Waals surface area contributed by atoms with E-state index in [2.05, 4.69) is 20.4 Å². The minimum absolute atomic E-state index is 0.0301. The fourth-order valence-corrected chi connectivity index (χ4v) is 5.14. The zero-order chi connectivity index (χ0) is 22.6. The summed E-state index contributed by atoms with van der Waals surface area (Å²) in [7, 11) is -3.47. The van der Waals surface area contributed by atoms with Crippen LogP contribution in [0.1, 0.15) is 49.3 Å². The normalized spacial score (nSPS) is 16.3. The summed E-state index contributed by atoms with van der Waals surface area (Å²) in [5.74, 6) is -0.390. The van der Waals surface area contributed by atoms with Crippen LogP contribution < -0.4 is 11.1 Å². The number of amidine groups is 1. The molecule has 9 nitrogen and oxygen atoms in total. The molecule has 0 spiro atoms. The van der Waals surface area contributed by atoms with Crippen molar-refractivity contribution in [3.63, 3.8) is 0 Å². The zero-order valence-electron chi connectivity index (χ0n) is 17.0. The van der Waals surface area contributed by atoms with E-state index in [1.165, 1.54) is 18.5 Å². The molecule has 0 unspecified atom stereocenters. The second-order valence-corrected chi connectivity index (χ2v) is 10.1. The second kappa shape index (κ2) is 9.61. The molecule has 3 rings (SSSR count). The van der Waals surface area contributed by atoms with Gasteiger partial charge in [-0.1, -0.05) is 48.5 Å². The van der Waals surface area contributed by atoms with Crippen LogP contribution in [0.3, 0.4) is 0 Å². The number of sulfone groups is 1. The molecule has 1 atom stereocenters. The lowest BCUT2D eigenvalue weighted by Gasteiger charge is -2.21. The van der Waals surface area contributed by atoms with Gasteiger partial charge in [0.25, 0.3) is 0 Å². The largest absolute Gasteiger partial charge is 0.409 e. The highest BCUT2D eigenvalue weighted by Crippen LogP contribution is 2.36. The molecular weight excluding hydrogens is 442 g/mol. The van der Waals surface area contributed by atoms with Crippen LogP contribution in [0.25, 0.3) is 0 Å². The van der Waals surface area contributed by atoms with Gasteiger partial charge in [-0.05, 0) is 30.0 Å². The summed E-state index contributed by atoms with van der Waals surface area (Å²) in [5.41, 5.74) is 6.29. The Morgan fingerprint density at radius 1 is 1.32 bits per heavy atom. The van der Waals surface area contributed by atoms with Gasteiger partial charge in [-0.25, -0.2) is 18.4 Å². The number of nitrogens with one attached hydrogen (secondary N) is 1. The third-order valence-corrected chi connectivity index (χ3v) is 6.97. The van der Waals surface area contributed by atoms with E-state index in [1.54, 1.807) is 12.1 Å². The Balaban J connectivity index is 1.86. The molecule has 1 aromatic heterocycles. The summed E-state index contributed by atoms with van der Waals surface area (Å²) < 4.78 is 23.7. The fourth-order valence-electron chi connectivity index (χ4n) is 3.80. The van der Waals surface area contributed by atoms with E-state index in [-0.39, 0.29) is 33.2 Å². The van der Waals surface area contributed by atoms with Crippen molar-refractivity contribution >= 4 is 39.0 Å². The van der Waals surface area contributed by atoms with Gasteiger partial charge in [-0.3, -0.25) is 4.79 Å². The van der Waals surface area contributed by atoms with Crippen LogP contribution in [-0.2, 0) is 14.6 Å². The van der Waals surface area contributed by atoms with Crippen LogP contribution in [0.5, 0.6) is 0 Å². The van der Waals surface area contributed by atoms with Crippen molar-refractivity contribution in [1.29, 1.82) is 0 Å². The van der Waals surface area contributed by atoms with Crippen molar-refractivity contribution in [3.8, 4) is 0 Å². The lowest BCUT2D eigenvalue weighted by molar-refractivity contribution is -0.118. The third-order valence-electron chi connectivity index (χ3n) is 5.39. The molecule has 4 N–H and O–H groups in total. The van der Waals surface area contributed by atoms with Gasteiger partial charge >= 0.3 is 0 Å². The van der Waals surface area contributed by atoms with Crippen molar-refractivity contribution in [2.75, 3.05) is 11.6 Å². The number of benzene rings is 1. The second-order valence-electron chi connectivity index (χ2n) is 7.66. The number of carbonyl (C=O) groups is 1. The maximum absolute atomic E-state index is 13.1. The Morgan fingerprint density at radius 2 is 2.03 bits per heavy atom. The fraction of sp³-hybridized carbons (Fsp3) is 0.400. The van der Waals surface area contributed by atoms with Gasteiger partial charge in [0, 0.05) is 6.26 Å². The number of hydrogen-bond donors (Lipinski definition) is 3. The van der Waals surface area contributed by atoms with Gasteiger partial charge in [0.2, 0.25) is 5.91 Å². The average Bonchev–Trinajstić information content (AvgIpc) is 3.24. The summed E-state index contributed by atoms with van der Waals surface area (Å²) in [6.07, 6.45) is 8.68. The molecule has 166 valence electrons. The van der Waals surface area contributed by atoms with Crippen LogP contribution in [0.4, 0.5) is 5.82 Å². The highest BCUT2D eigenvalue weighted by Gasteiger charge is 2.28. The average molecular weight is 466 g/mol. The number of aromatic nitrogens is 2. The van der Waals surface area contributed by atoms with E-state index < -0.39 is 15.8 Å². The highest BCUT2D eigenvalue weighted by atomic mass is 35.5.